The topological polar surface area (TPSA) is 74.7 Å². The average molecular weight is 243 g/mol. The minimum atomic E-state index is -2.54. The summed E-state index contributed by atoms with van der Waals surface area (Å²) in [6.07, 6.45) is -0.532. The lowest BCUT2D eigenvalue weighted by molar-refractivity contribution is -0.162. The van der Waals surface area contributed by atoms with Crippen LogP contribution in [0.15, 0.2) is 0 Å². The number of carbonyl (C=O) groups is 3. The molecule has 0 aromatic heterocycles. The van der Waals surface area contributed by atoms with Crippen molar-refractivity contribution in [1.82, 2.24) is 4.90 Å². The van der Waals surface area contributed by atoms with E-state index < -0.39 is 35.9 Å². The molecule has 0 spiro atoms. The Morgan fingerprint density at radius 3 is 2.24 bits per heavy atom. The molecule has 94 valence electrons. The number of hydrogen-bond acceptors (Lipinski definition) is 3. The van der Waals surface area contributed by atoms with Crippen LogP contribution in [-0.4, -0.2) is 34.1 Å². The number of halogens is 1. The van der Waals surface area contributed by atoms with E-state index in [9.17, 15) is 18.8 Å². The maximum Gasteiger partial charge on any atom is 0.360 e. The van der Waals surface area contributed by atoms with E-state index in [2.05, 4.69) is 0 Å². The van der Waals surface area contributed by atoms with E-state index in [1.165, 1.54) is 0 Å². The van der Waals surface area contributed by atoms with Gasteiger partial charge in [0.15, 0.2) is 0 Å². The van der Waals surface area contributed by atoms with Crippen molar-refractivity contribution in [3.63, 3.8) is 0 Å². The second kappa shape index (κ2) is 4.09. The van der Waals surface area contributed by atoms with Gasteiger partial charge in [-0.15, -0.1) is 0 Å². The molecule has 1 heterocycles. The second-order valence-corrected chi connectivity index (χ2v) is 4.68. The van der Waals surface area contributed by atoms with E-state index in [-0.39, 0.29) is 4.90 Å². The molecule has 1 N–H and O–H groups in total. The number of alkyl halides is 1. The molecular formula is C11H14FNO4. The fourth-order valence-corrected chi connectivity index (χ4v) is 2.82. The standard InChI is InChI=1S/C11H14FNO4/c1-2-5-3-6-7(4-5)10(15)13(9(6)14)8(12)11(16)17/h5-8H,2-4H2,1H3,(H,16,17). The summed E-state index contributed by atoms with van der Waals surface area (Å²) in [5.74, 6) is -3.83. The molecule has 3 unspecified atom stereocenters. The zero-order valence-electron chi connectivity index (χ0n) is 9.43. The van der Waals surface area contributed by atoms with Crippen LogP contribution < -0.4 is 0 Å². The molecule has 5 nitrogen and oxygen atoms in total. The Kier molecular flexibility index (Phi) is 2.89. The van der Waals surface area contributed by atoms with Gasteiger partial charge in [-0.05, 0) is 18.8 Å². The molecular weight excluding hydrogens is 229 g/mol. The van der Waals surface area contributed by atoms with Gasteiger partial charge < -0.3 is 5.11 Å². The Labute approximate surface area is 97.6 Å². The van der Waals surface area contributed by atoms with E-state index in [1.807, 2.05) is 6.92 Å². The number of rotatable bonds is 3. The zero-order valence-corrected chi connectivity index (χ0v) is 9.43. The average Bonchev–Trinajstić information content (AvgIpc) is 2.80. The lowest BCUT2D eigenvalue weighted by Gasteiger charge is -2.18. The predicted molar refractivity (Wildman–Crippen MR) is 54.4 cm³/mol. The summed E-state index contributed by atoms with van der Waals surface area (Å²) in [6.45, 7) is 1.98. The first-order valence-corrected chi connectivity index (χ1v) is 5.71. The van der Waals surface area contributed by atoms with Gasteiger partial charge in [-0.1, -0.05) is 13.3 Å². The summed E-state index contributed by atoms with van der Waals surface area (Å²) in [7, 11) is 0. The van der Waals surface area contributed by atoms with Crippen LogP contribution in [0, 0.1) is 17.8 Å². The number of imide groups is 1. The normalized spacial score (nSPS) is 34.0. The van der Waals surface area contributed by atoms with Crippen LogP contribution in [-0.2, 0) is 14.4 Å². The SMILES string of the molecule is CCC1CC2C(=O)N(C(F)C(=O)O)C(=O)C2C1. The molecule has 1 saturated carbocycles. The van der Waals surface area contributed by atoms with E-state index in [0.717, 1.165) is 6.42 Å². The van der Waals surface area contributed by atoms with Crippen molar-refractivity contribution in [2.75, 3.05) is 0 Å². The van der Waals surface area contributed by atoms with Crippen molar-refractivity contribution in [3.05, 3.63) is 0 Å². The molecule has 1 aliphatic heterocycles. The number of fused-ring (bicyclic) bond motifs is 1. The lowest BCUT2D eigenvalue weighted by atomic mass is 10.00. The van der Waals surface area contributed by atoms with Crippen molar-refractivity contribution in [3.8, 4) is 0 Å². The smallest absolute Gasteiger partial charge is 0.360 e. The molecule has 0 bridgehead atoms. The number of carbonyl (C=O) groups excluding carboxylic acids is 2. The molecule has 0 aromatic rings. The Morgan fingerprint density at radius 2 is 1.88 bits per heavy atom. The van der Waals surface area contributed by atoms with Gasteiger partial charge in [-0.2, -0.15) is 0 Å². The lowest BCUT2D eigenvalue weighted by Crippen LogP contribution is -2.43. The molecule has 6 heteroatoms. The fourth-order valence-electron chi connectivity index (χ4n) is 2.82. The zero-order chi connectivity index (χ0) is 12.7. The summed E-state index contributed by atoms with van der Waals surface area (Å²) >= 11 is 0. The molecule has 2 fully saturated rings. The molecule has 17 heavy (non-hydrogen) atoms. The van der Waals surface area contributed by atoms with Gasteiger partial charge in [0.1, 0.15) is 0 Å². The van der Waals surface area contributed by atoms with Crippen LogP contribution in [0.5, 0.6) is 0 Å². The first-order valence-electron chi connectivity index (χ1n) is 5.71. The van der Waals surface area contributed by atoms with E-state index in [1.54, 1.807) is 0 Å². The maximum absolute atomic E-state index is 13.3. The summed E-state index contributed by atoms with van der Waals surface area (Å²) in [5, 5.41) is 8.52. The number of likely N-dealkylation sites (tertiary alicyclic amines) is 1. The van der Waals surface area contributed by atoms with Gasteiger partial charge in [-0.3, -0.25) is 9.59 Å². The van der Waals surface area contributed by atoms with E-state index >= 15 is 0 Å². The number of amides is 2. The number of carboxylic acid groups (broad SMARTS) is 1. The molecule has 1 saturated heterocycles. The fraction of sp³-hybridized carbons (Fsp3) is 0.727. The first kappa shape index (κ1) is 12.0. The molecule has 0 radical (unpaired) electrons. The van der Waals surface area contributed by atoms with Gasteiger partial charge in [0.05, 0.1) is 11.8 Å². The quantitative estimate of drug-likeness (QED) is 0.587. The Bertz CT molecular complexity index is 360. The third-order valence-electron chi connectivity index (χ3n) is 3.78. The Hall–Kier alpha value is -1.46. The van der Waals surface area contributed by atoms with Crippen molar-refractivity contribution >= 4 is 17.8 Å². The Balaban J connectivity index is 2.19. The molecule has 3 atom stereocenters. The number of hydrogen-bond donors (Lipinski definition) is 1. The molecule has 0 aromatic carbocycles. The van der Waals surface area contributed by atoms with Crippen LogP contribution in [0.2, 0.25) is 0 Å². The van der Waals surface area contributed by atoms with Crippen LogP contribution in [0.3, 0.4) is 0 Å². The van der Waals surface area contributed by atoms with Gasteiger partial charge >= 0.3 is 5.97 Å². The van der Waals surface area contributed by atoms with E-state index in [4.69, 9.17) is 5.11 Å². The van der Waals surface area contributed by atoms with Gasteiger partial charge in [-0.25, -0.2) is 14.1 Å². The van der Waals surface area contributed by atoms with Gasteiger partial charge in [0.2, 0.25) is 11.8 Å². The van der Waals surface area contributed by atoms with Gasteiger partial charge in [0, 0.05) is 0 Å². The largest absolute Gasteiger partial charge is 0.478 e. The number of aliphatic carboxylic acids is 1. The summed E-state index contributed by atoms with van der Waals surface area (Å²) in [6, 6.07) is 0. The molecule has 2 amide bonds. The first-order chi connectivity index (χ1) is 7.97. The predicted octanol–water partition coefficient (Wildman–Crippen LogP) is 0.788. The number of carboxylic acids is 1. The number of nitrogens with zero attached hydrogens (tertiary/aromatic N) is 1. The minimum Gasteiger partial charge on any atom is -0.478 e. The van der Waals surface area contributed by atoms with Crippen molar-refractivity contribution < 1.29 is 23.9 Å². The summed E-state index contributed by atoms with van der Waals surface area (Å²) < 4.78 is 13.3. The van der Waals surface area contributed by atoms with Crippen LogP contribution >= 0.6 is 0 Å². The third kappa shape index (κ3) is 1.71. The highest BCUT2D eigenvalue weighted by molar-refractivity contribution is 6.07. The van der Waals surface area contributed by atoms with Crippen molar-refractivity contribution in [2.24, 2.45) is 17.8 Å². The van der Waals surface area contributed by atoms with E-state index in [0.29, 0.717) is 18.8 Å². The third-order valence-corrected chi connectivity index (χ3v) is 3.78. The molecule has 2 rings (SSSR count). The molecule has 1 aliphatic carbocycles. The highest BCUT2D eigenvalue weighted by atomic mass is 19.1. The van der Waals surface area contributed by atoms with Gasteiger partial charge in [0.25, 0.3) is 6.30 Å². The van der Waals surface area contributed by atoms with Crippen LogP contribution in [0.1, 0.15) is 26.2 Å². The highest BCUT2D eigenvalue weighted by Crippen LogP contribution is 2.44. The minimum absolute atomic E-state index is 0.281. The maximum atomic E-state index is 13.3. The molecule has 2 aliphatic rings. The monoisotopic (exact) mass is 243 g/mol. The van der Waals surface area contributed by atoms with Crippen LogP contribution in [0.4, 0.5) is 4.39 Å². The highest BCUT2D eigenvalue weighted by Gasteiger charge is 2.55. The van der Waals surface area contributed by atoms with Crippen LogP contribution in [0.25, 0.3) is 0 Å². The second-order valence-electron chi connectivity index (χ2n) is 4.68. The van der Waals surface area contributed by atoms with Crippen molar-refractivity contribution in [2.45, 2.75) is 32.5 Å². The summed E-state index contributed by atoms with van der Waals surface area (Å²) in [4.78, 5) is 34.4. The summed E-state index contributed by atoms with van der Waals surface area (Å²) in [5.41, 5.74) is 0. The van der Waals surface area contributed by atoms with Crippen molar-refractivity contribution in [1.29, 1.82) is 0 Å². The Morgan fingerprint density at radius 1 is 1.41 bits per heavy atom.